The zero-order valence-electron chi connectivity index (χ0n) is 20.1. The van der Waals surface area contributed by atoms with Crippen molar-refractivity contribution in [3.8, 4) is 11.1 Å². The molecule has 0 saturated carbocycles. The molecule has 4 heterocycles. The van der Waals surface area contributed by atoms with Gasteiger partial charge in [-0.15, -0.1) is 0 Å². The second-order valence-electron chi connectivity index (χ2n) is 9.70. The Morgan fingerprint density at radius 1 is 1.03 bits per heavy atom. The number of hydrogen-bond acceptors (Lipinski definition) is 7. The van der Waals surface area contributed by atoms with Gasteiger partial charge in [0.25, 0.3) is 0 Å². The maximum Gasteiger partial charge on any atom is 0.225 e. The lowest BCUT2D eigenvalue weighted by Crippen LogP contribution is -2.55. The highest BCUT2D eigenvalue weighted by atomic mass is 16.5. The predicted molar refractivity (Wildman–Crippen MR) is 131 cm³/mol. The molecule has 1 amide bonds. The summed E-state index contributed by atoms with van der Waals surface area (Å²) in [5.74, 6) is 0.142. The van der Waals surface area contributed by atoms with E-state index in [1.807, 2.05) is 17.0 Å². The molecule has 0 spiro atoms. The lowest BCUT2D eigenvalue weighted by atomic mass is 9.94. The van der Waals surface area contributed by atoms with E-state index in [9.17, 15) is 9.90 Å². The molecule has 4 atom stereocenters. The summed E-state index contributed by atoms with van der Waals surface area (Å²) in [4.78, 5) is 21.1. The summed E-state index contributed by atoms with van der Waals surface area (Å²) in [6.45, 7) is 4.50. The molecule has 3 aliphatic rings. The van der Waals surface area contributed by atoms with E-state index in [0.717, 1.165) is 30.5 Å². The smallest absolute Gasteiger partial charge is 0.225 e. The summed E-state index contributed by atoms with van der Waals surface area (Å²) in [7, 11) is 0. The number of aromatic nitrogens is 1. The van der Waals surface area contributed by atoms with Crippen LogP contribution in [-0.2, 0) is 25.5 Å². The number of hydrogen-bond donors (Lipinski definition) is 1. The van der Waals surface area contributed by atoms with Crippen LogP contribution in [0.3, 0.4) is 0 Å². The highest BCUT2D eigenvalue weighted by Gasteiger charge is 2.38. The second kappa shape index (κ2) is 11.6. The molecule has 8 heteroatoms. The van der Waals surface area contributed by atoms with Gasteiger partial charge < -0.3 is 24.2 Å². The first-order valence-corrected chi connectivity index (χ1v) is 12.7. The molecule has 8 nitrogen and oxygen atoms in total. The van der Waals surface area contributed by atoms with Crippen LogP contribution in [0.15, 0.2) is 48.8 Å². The number of nitrogens with zero attached hydrogens (tertiary/aromatic N) is 3. The number of fused-ring (bicyclic) bond motifs is 1. The Morgan fingerprint density at radius 2 is 1.86 bits per heavy atom. The molecular weight excluding hydrogens is 446 g/mol. The number of morpholine rings is 1. The SMILES string of the molecule is O=C(C[C@@H]1CC[C@H]2[C@@H](COC[C@H](O)CN2Cc2cccc(-c3ccncc3)c2)O1)N1CCOCC1. The number of ether oxygens (including phenoxy) is 3. The fourth-order valence-electron chi connectivity index (χ4n) is 5.39. The van der Waals surface area contributed by atoms with E-state index in [1.54, 1.807) is 12.4 Å². The van der Waals surface area contributed by atoms with Crippen molar-refractivity contribution in [2.24, 2.45) is 0 Å². The molecule has 1 aromatic heterocycles. The van der Waals surface area contributed by atoms with Crippen molar-refractivity contribution in [3.63, 3.8) is 0 Å². The Kier molecular flexibility index (Phi) is 8.06. The number of carbonyl (C=O) groups excluding carboxylic acids is 1. The van der Waals surface area contributed by atoms with Crippen molar-refractivity contribution in [3.05, 3.63) is 54.4 Å². The van der Waals surface area contributed by atoms with Crippen LogP contribution >= 0.6 is 0 Å². The van der Waals surface area contributed by atoms with E-state index < -0.39 is 6.10 Å². The highest BCUT2D eigenvalue weighted by Crippen LogP contribution is 2.30. The van der Waals surface area contributed by atoms with Crippen molar-refractivity contribution in [2.75, 3.05) is 46.1 Å². The van der Waals surface area contributed by atoms with Crippen LogP contribution in [0.4, 0.5) is 0 Å². The van der Waals surface area contributed by atoms with Crippen LogP contribution < -0.4 is 0 Å². The van der Waals surface area contributed by atoms with Crippen molar-refractivity contribution in [1.82, 2.24) is 14.8 Å². The highest BCUT2D eigenvalue weighted by molar-refractivity contribution is 5.76. The fourth-order valence-corrected chi connectivity index (χ4v) is 5.39. The van der Waals surface area contributed by atoms with Crippen molar-refractivity contribution >= 4 is 5.91 Å². The molecule has 1 aromatic carbocycles. The third-order valence-corrected chi connectivity index (χ3v) is 7.18. The molecule has 5 rings (SSSR count). The van der Waals surface area contributed by atoms with Gasteiger partial charge in [-0.25, -0.2) is 0 Å². The van der Waals surface area contributed by atoms with Crippen molar-refractivity contribution < 1.29 is 24.1 Å². The molecule has 3 fully saturated rings. The van der Waals surface area contributed by atoms with Gasteiger partial charge in [0.05, 0.1) is 51.2 Å². The number of pyridine rings is 1. The molecule has 0 radical (unpaired) electrons. The van der Waals surface area contributed by atoms with E-state index in [2.05, 4.69) is 34.1 Å². The Balaban J connectivity index is 1.26. The zero-order chi connectivity index (χ0) is 24.0. The first-order chi connectivity index (χ1) is 17.2. The molecule has 0 aliphatic carbocycles. The van der Waals surface area contributed by atoms with Crippen LogP contribution in [0.5, 0.6) is 0 Å². The minimum Gasteiger partial charge on any atom is -0.389 e. The first-order valence-electron chi connectivity index (χ1n) is 12.7. The van der Waals surface area contributed by atoms with Crippen LogP contribution in [0.25, 0.3) is 11.1 Å². The van der Waals surface area contributed by atoms with E-state index >= 15 is 0 Å². The average molecular weight is 482 g/mol. The summed E-state index contributed by atoms with van der Waals surface area (Å²) < 4.78 is 17.6. The summed E-state index contributed by atoms with van der Waals surface area (Å²) in [6, 6.07) is 12.7. The number of amides is 1. The third kappa shape index (κ3) is 6.26. The van der Waals surface area contributed by atoms with Gasteiger partial charge in [0.2, 0.25) is 5.91 Å². The van der Waals surface area contributed by atoms with Crippen LogP contribution in [-0.4, -0.2) is 96.2 Å². The summed E-state index contributed by atoms with van der Waals surface area (Å²) in [5.41, 5.74) is 3.48. The van der Waals surface area contributed by atoms with E-state index in [4.69, 9.17) is 14.2 Å². The number of β-amino-alcohol motifs (C(OH)–C–C–N with tert-alkyl or cyclic N) is 1. The quantitative estimate of drug-likeness (QED) is 0.700. The van der Waals surface area contributed by atoms with Crippen molar-refractivity contribution in [1.29, 1.82) is 0 Å². The Hall–Kier alpha value is -2.36. The number of aliphatic hydroxyl groups is 1. The van der Waals surface area contributed by atoms with Gasteiger partial charge >= 0.3 is 0 Å². The molecule has 3 saturated heterocycles. The van der Waals surface area contributed by atoms with Gasteiger partial charge in [-0.1, -0.05) is 18.2 Å². The predicted octanol–water partition coefficient (Wildman–Crippen LogP) is 2.11. The van der Waals surface area contributed by atoms with Gasteiger partial charge in [-0.05, 0) is 47.7 Å². The molecule has 1 N–H and O–H groups in total. The van der Waals surface area contributed by atoms with E-state index in [1.165, 1.54) is 5.56 Å². The molecule has 3 aliphatic heterocycles. The lowest BCUT2D eigenvalue weighted by molar-refractivity contribution is -0.162. The number of rotatable bonds is 5. The molecule has 0 unspecified atom stereocenters. The minimum absolute atomic E-state index is 0.101. The lowest BCUT2D eigenvalue weighted by Gasteiger charge is -2.44. The molecular formula is C27H35N3O5. The maximum absolute atomic E-state index is 12.8. The van der Waals surface area contributed by atoms with Crippen molar-refractivity contribution in [2.45, 2.75) is 50.2 Å². The average Bonchev–Trinajstić information content (AvgIpc) is 2.89. The van der Waals surface area contributed by atoms with Gasteiger partial charge in [-0.2, -0.15) is 0 Å². The summed E-state index contributed by atoms with van der Waals surface area (Å²) in [6.07, 6.45) is 4.98. The number of benzene rings is 1. The molecule has 188 valence electrons. The number of aliphatic hydroxyl groups excluding tert-OH is 1. The van der Waals surface area contributed by atoms with Gasteiger partial charge in [-0.3, -0.25) is 14.7 Å². The topological polar surface area (TPSA) is 84.4 Å². The largest absolute Gasteiger partial charge is 0.389 e. The van der Waals surface area contributed by atoms with E-state index in [-0.39, 0.29) is 30.8 Å². The van der Waals surface area contributed by atoms with Gasteiger partial charge in [0.15, 0.2) is 0 Å². The monoisotopic (exact) mass is 481 g/mol. The van der Waals surface area contributed by atoms with Crippen LogP contribution in [0.1, 0.15) is 24.8 Å². The Bertz CT molecular complexity index is 968. The molecule has 35 heavy (non-hydrogen) atoms. The minimum atomic E-state index is -0.542. The third-order valence-electron chi connectivity index (χ3n) is 7.18. The Labute approximate surface area is 206 Å². The Morgan fingerprint density at radius 3 is 2.69 bits per heavy atom. The van der Waals surface area contributed by atoms with Crippen LogP contribution in [0.2, 0.25) is 0 Å². The summed E-state index contributed by atoms with van der Waals surface area (Å²) in [5, 5.41) is 10.5. The fraction of sp³-hybridized carbons (Fsp3) is 0.556. The number of carbonyl (C=O) groups is 1. The first kappa shape index (κ1) is 24.3. The van der Waals surface area contributed by atoms with Gasteiger partial charge in [0.1, 0.15) is 0 Å². The standard InChI is InChI=1S/C27H35N3O5/c31-23-17-30(16-20-2-1-3-22(14-20)21-6-8-28-9-7-21)25-5-4-24(35-26(25)19-34-18-23)15-27(32)29-10-12-33-13-11-29/h1-3,6-9,14,23-26,31H,4-5,10-13,15-19H2/t23-,24+,25+,26-/m1/s1. The molecule has 2 aromatic rings. The van der Waals surface area contributed by atoms with Gasteiger partial charge in [0, 0.05) is 44.6 Å². The van der Waals surface area contributed by atoms with E-state index in [0.29, 0.717) is 45.9 Å². The zero-order valence-corrected chi connectivity index (χ0v) is 20.1. The normalized spacial score (nSPS) is 28.1. The molecule has 0 bridgehead atoms. The summed E-state index contributed by atoms with van der Waals surface area (Å²) >= 11 is 0. The second-order valence-corrected chi connectivity index (χ2v) is 9.70. The van der Waals surface area contributed by atoms with Crippen LogP contribution in [0, 0.1) is 0 Å². The maximum atomic E-state index is 12.8.